The van der Waals surface area contributed by atoms with Crippen LogP contribution in [0.15, 0.2) is 54.9 Å². The fourth-order valence-corrected chi connectivity index (χ4v) is 4.88. The van der Waals surface area contributed by atoms with Gasteiger partial charge in [-0.1, -0.05) is 6.07 Å². The third-order valence-electron chi connectivity index (χ3n) is 5.24. The average Bonchev–Trinajstić information content (AvgIpc) is 3.20. The number of hydrogen-bond donors (Lipinski definition) is 4. The lowest BCUT2D eigenvalue weighted by atomic mass is 10.1. The van der Waals surface area contributed by atoms with Gasteiger partial charge in [-0.25, -0.2) is 14.8 Å². The molecule has 2 aromatic heterocycles. The van der Waals surface area contributed by atoms with Gasteiger partial charge in [0.05, 0.1) is 12.5 Å². The highest BCUT2D eigenvalue weighted by Gasteiger charge is 2.19. The highest BCUT2D eigenvalue weighted by Crippen LogP contribution is 2.36. The minimum Gasteiger partial charge on any atom is -0.497 e. The summed E-state index contributed by atoms with van der Waals surface area (Å²) in [7, 11) is 1.59. The van der Waals surface area contributed by atoms with Crippen molar-refractivity contribution in [3.8, 4) is 5.75 Å². The van der Waals surface area contributed by atoms with E-state index in [1.54, 1.807) is 36.9 Å². The Morgan fingerprint density at radius 1 is 1.06 bits per heavy atom. The number of anilines is 4. The summed E-state index contributed by atoms with van der Waals surface area (Å²) < 4.78 is 5.18. The van der Waals surface area contributed by atoms with Crippen molar-refractivity contribution in [2.24, 2.45) is 0 Å². The summed E-state index contributed by atoms with van der Waals surface area (Å²) in [6.07, 6.45) is 2.57. The van der Waals surface area contributed by atoms with Gasteiger partial charge in [-0.15, -0.1) is 11.3 Å². The Morgan fingerprint density at radius 3 is 2.72 bits per heavy atom. The molecule has 162 valence electrons. The Hall–Kier alpha value is -3.69. The first-order valence-electron chi connectivity index (χ1n) is 10.2. The maximum atomic E-state index is 12.3. The van der Waals surface area contributed by atoms with Gasteiger partial charge in [0.1, 0.15) is 22.7 Å². The largest absolute Gasteiger partial charge is 0.497 e. The van der Waals surface area contributed by atoms with E-state index in [-0.39, 0.29) is 6.03 Å². The van der Waals surface area contributed by atoms with Crippen molar-refractivity contribution < 1.29 is 9.53 Å². The summed E-state index contributed by atoms with van der Waals surface area (Å²) >= 11 is 1.72. The van der Waals surface area contributed by atoms with E-state index < -0.39 is 0 Å². The van der Waals surface area contributed by atoms with Crippen LogP contribution in [0.2, 0.25) is 0 Å². The summed E-state index contributed by atoms with van der Waals surface area (Å²) in [4.78, 5) is 23.6. The molecule has 32 heavy (non-hydrogen) atoms. The average molecular weight is 447 g/mol. The van der Waals surface area contributed by atoms with Crippen molar-refractivity contribution in [3.63, 3.8) is 0 Å². The molecule has 0 saturated carbocycles. The number of nitrogens with zero attached hydrogens (tertiary/aromatic N) is 2. The number of urea groups is 1. The number of benzene rings is 2. The van der Waals surface area contributed by atoms with Crippen LogP contribution in [0.25, 0.3) is 10.2 Å². The molecule has 4 N–H and O–H groups in total. The molecule has 0 bridgehead atoms. The number of hydrogen-bond acceptors (Lipinski definition) is 7. The summed E-state index contributed by atoms with van der Waals surface area (Å²) in [5, 5.41) is 13.6. The SMILES string of the molecule is COc1cccc(NC(=O)Nc2ccc(Nc3ncnc4sc5c(c34)CCNC5)cc2)c1. The first kappa shape index (κ1) is 20.2. The molecule has 8 nitrogen and oxygen atoms in total. The van der Waals surface area contributed by atoms with Crippen molar-refractivity contribution in [2.75, 3.05) is 29.6 Å². The van der Waals surface area contributed by atoms with Gasteiger partial charge < -0.3 is 26.0 Å². The molecule has 0 unspecified atom stereocenters. The lowest BCUT2D eigenvalue weighted by Gasteiger charge is -2.14. The Bertz CT molecular complexity index is 1270. The molecule has 5 rings (SSSR count). The maximum Gasteiger partial charge on any atom is 0.323 e. The minimum atomic E-state index is -0.324. The number of amides is 2. The number of fused-ring (bicyclic) bond motifs is 3. The maximum absolute atomic E-state index is 12.3. The number of carbonyl (C=O) groups is 1. The van der Waals surface area contributed by atoms with Gasteiger partial charge in [0.15, 0.2) is 0 Å². The Kier molecular flexibility index (Phi) is 5.57. The highest BCUT2D eigenvalue weighted by molar-refractivity contribution is 7.19. The van der Waals surface area contributed by atoms with E-state index in [0.29, 0.717) is 17.1 Å². The fraction of sp³-hybridized carbons (Fsp3) is 0.174. The standard InChI is InChI=1S/C23H22N6O2S/c1-31-17-4-2-3-16(11-17)29-23(30)28-15-7-5-14(6-8-15)27-21-20-18-9-10-24-12-19(18)32-22(20)26-13-25-21/h2-8,11,13,24H,9-10,12H2,1H3,(H,25,26,27)(H2,28,29,30). The lowest BCUT2D eigenvalue weighted by Crippen LogP contribution is -2.22. The van der Waals surface area contributed by atoms with E-state index in [1.807, 2.05) is 36.4 Å². The third-order valence-corrected chi connectivity index (χ3v) is 6.38. The Balaban J connectivity index is 1.28. The summed E-state index contributed by atoms with van der Waals surface area (Å²) in [6.45, 7) is 1.85. The number of rotatable bonds is 5. The van der Waals surface area contributed by atoms with Crippen molar-refractivity contribution in [3.05, 3.63) is 65.3 Å². The molecule has 0 aliphatic carbocycles. The smallest absolute Gasteiger partial charge is 0.323 e. The van der Waals surface area contributed by atoms with Crippen LogP contribution in [0, 0.1) is 0 Å². The van der Waals surface area contributed by atoms with Crippen LogP contribution in [0.3, 0.4) is 0 Å². The van der Waals surface area contributed by atoms with Crippen LogP contribution >= 0.6 is 11.3 Å². The van der Waals surface area contributed by atoms with Gasteiger partial charge in [0, 0.05) is 34.6 Å². The molecule has 0 atom stereocenters. The zero-order valence-electron chi connectivity index (χ0n) is 17.4. The molecular weight excluding hydrogens is 424 g/mol. The molecule has 0 fully saturated rings. The quantitative estimate of drug-likeness (QED) is 0.354. The molecule has 1 aliphatic heterocycles. The van der Waals surface area contributed by atoms with E-state index >= 15 is 0 Å². The van der Waals surface area contributed by atoms with Crippen molar-refractivity contribution in [1.29, 1.82) is 0 Å². The first-order valence-corrected chi connectivity index (χ1v) is 11.1. The number of aromatic nitrogens is 2. The van der Waals surface area contributed by atoms with E-state index in [1.165, 1.54) is 10.4 Å². The Morgan fingerprint density at radius 2 is 1.88 bits per heavy atom. The van der Waals surface area contributed by atoms with E-state index in [0.717, 1.165) is 41.2 Å². The summed E-state index contributed by atoms with van der Waals surface area (Å²) in [6, 6.07) is 14.4. The van der Waals surface area contributed by atoms with Crippen LogP contribution in [-0.4, -0.2) is 29.7 Å². The minimum absolute atomic E-state index is 0.324. The van der Waals surface area contributed by atoms with Crippen molar-refractivity contribution >= 4 is 50.5 Å². The third kappa shape index (κ3) is 4.20. The molecule has 1 aliphatic rings. The number of methoxy groups -OCH3 is 1. The first-order chi connectivity index (χ1) is 15.7. The fourth-order valence-electron chi connectivity index (χ4n) is 3.72. The van der Waals surface area contributed by atoms with Crippen LogP contribution in [0.5, 0.6) is 5.75 Å². The monoisotopic (exact) mass is 446 g/mol. The van der Waals surface area contributed by atoms with Crippen LogP contribution in [-0.2, 0) is 13.0 Å². The van der Waals surface area contributed by atoms with Crippen molar-refractivity contribution in [2.45, 2.75) is 13.0 Å². The number of nitrogens with one attached hydrogen (secondary N) is 4. The molecular formula is C23H22N6O2S. The summed E-state index contributed by atoms with van der Waals surface area (Å²) in [5.41, 5.74) is 3.56. The van der Waals surface area contributed by atoms with Crippen molar-refractivity contribution in [1.82, 2.24) is 15.3 Å². The second-order valence-corrected chi connectivity index (χ2v) is 8.43. The van der Waals surface area contributed by atoms with Gasteiger partial charge >= 0.3 is 6.03 Å². The second kappa shape index (κ2) is 8.81. The van der Waals surface area contributed by atoms with Gasteiger partial charge in [-0.3, -0.25) is 0 Å². The zero-order valence-corrected chi connectivity index (χ0v) is 18.3. The Labute approximate surface area is 189 Å². The second-order valence-electron chi connectivity index (χ2n) is 7.35. The zero-order chi connectivity index (χ0) is 21.9. The normalized spacial score (nSPS) is 12.8. The number of thiophene rings is 1. The van der Waals surface area contributed by atoms with E-state index in [2.05, 4.69) is 31.2 Å². The molecule has 0 saturated heterocycles. The number of ether oxygens (including phenoxy) is 1. The van der Waals surface area contributed by atoms with Gasteiger partial charge in [-0.05, 0) is 54.9 Å². The molecule has 4 aromatic rings. The molecule has 2 amide bonds. The lowest BCUT2D eigenvalue weighted by molar-refractivity contribution is 0.262. The van der Waals surface area contributed by atoms with Gasteiger partial charge in [0.2, 0.25) is 0 Å². The molecule has 3 heterocycles. The molecule has 9 heteroatoms. The van der Waals surface area contributed by atoms with Crippen LogP contribution in [0.1, 0.15) is 10.4 Å². The molecule has 0 radical (unpaired) electrons. The van der Waals surface area contributed by atoms with E-state index in [9.17, 15) is 4.79 Å². The summed E-state index contributed by atoms with van der Waals surface area (Å²) in [5.74, 6) is 1.49. The van der Waals surface area contributed by atoms with Gasteiger partial charge in [0.25, 0.3) is 0 Å². The molecule has 0 spiro atoms. The van der Waals surface area contributed by atoms with Crippen LogP contribution in [0.4, 0.5) is 27.7 Å². The topological polar surface area (TPSA) is 100 Å². The molecule has 2 aromatic carbocycles. The van der Waals surface area contributed by atoms with Crippen LogP contribution < -0.4 is 26.0 Å². The predicted molar refractivity (Wildman–Crippen MR) is 128 cm³/mol. The number of carbonyl (C=O) groups excluding carboxylic acids is 1. The predicted octanol–water partition coefficient (Wildman–Crippen LogP) is 4.73. The van der Waals surface area contributed by atoms with Gasteiger partial charge in [-0.2, -0.15) is 0 Å². The highest BCUT2D eigenvalue weighted by atomic mass is 32.1. The van der Waals surface area contributed by atoms with E-state index in [4.69, 9.17) is 4.74 Å².